The Labute approximate surface area is 237 Å². The van der Waals surface area contributed by atoms with Crippen LogP contribution in [0.1, 0.15) is 74.1 Å². The summed E-state index contributed by atoms with van der Waals surface area (Å²) < 4.78 is 22.1. The summed E-state index contributed by atoms with van der Waals surface area (Å²) in [4.78, 5) is 11.7. The summed E-state index contributed by atoms with van der Waals surface area (Å²) in [6.07, 6.45) is 2.18. The molecule has 0 saturated carbocycles. The van der Waals surface area contributed by atoms with Gasteiger partial charge in [0, 0.05) is 18.0 Å². The maximum absolute atomic E-state index is 12.2. The third-order valence-corrected chi connectivity index (χ3v) is 12.6. The van der Waals surface area contributed by atoms with Crippen molar-refractivity contribution in [2.75, 3.05) is 12.3 Å². The third kappa shape index (κ3) is 5.21. The lowest BCUT2D eigenvalue weighted by atomic mass is 9.91. The highest BCUT2D eigenvalue weighted by atomic mass is 28.4. The van der Waals surface area contributed by atoms with Gasteiger partial charge in [-0.15, -0.1) is 0 Å². The fourth-order valence-electron chi connectivity index (χ4n) is 6.18. The first-order chi connectivity index (χ1) is 18.8. The standard InChI is InChI=1S/C28H46N6O5Si/c1-15(2)23(16(3)4)38-40(17(5)6,18(7)8)39-25-21(13-35)37-24(28(25,9)36)20-12-19(27-30-10-11-31-27)22-26(29)32-14-33-34(20)22/h10-12,14-18,21,23-25,35-36H,13H2,1-9H3,(H,30,31)(H2,29,32,33). The van der Waals surface area contributed by atoms with Gasteiger partial charge in [0.2, 0.25) is 0 Å². The van der Waals surface area contributed by atoms with Crippen molar-refractivity contribution in [2.45, 2.75) is 103 Å². The van der Waals surface area contributed by atoms with Crippen molar-refractivity contribution < 1.29 is 23.8 Å². The van der Waals surface area contributed by atoms with E-state index in [1.54, 1.807) is 23.8 Å². The maximum Gasteiger partial charge on any atom is 0.344 e. The molecule has 4 heterocycles. The first-order valence-corrected chi connectivity index (χ1v) is 16.2. The molecule has 12 heteroatoms. The van der Waals surface area contributed by atoms with Crippen molar-refractivity contribution in [2.24, 2.45) is 11.8 Å². The van der Waals surface area contributed by atoms with Crippen LogP contribution in [0.25, 0.3) is 16.9 Å². The molecule has 0 spiro atoms. The maximum atomic E-state index is 12.2. The first-order valence-electron chi connectivity index (χ1n) is 14.2. The van der Waals surface area contributed by atoms with Crippen molar-refractivity contribution >= 4 is 19.9 Å². The van der Waals surface area contributed by atoms with Crippen molar-refractivity contribution in [1.29, 1.82) is 0 Å². The van der Waals surface area contributed by atoms with E-state index in [0.717, 1.165) is 0 Å². The minimum atomic E-state index is -3.00. The Balaban J connectivity index is 1.80. The number of nitrogens with zero attached hydrogens (tertiary/aromatic N) is 4. The van der Waals surface area contributed by atoms with Gasteiger partial charge in [-0.2, -0.15) is 5.10 Å². The molecule has 4 unspecified atom stereocenters. The lowest BCUT2D eigenvalue weighted by molar-refractivity contribution is -0.0758. The number of rotatable bonds is 11. The predicted molar refractivity (Wildman–Crippen MR) is 156 cm³/mol. The van der Waals surface area contributed by atoms with Gasteiger partial charge in [0.25, 0.3) is 0 Å². The van der Waals surface area contributed by atoms with Crippen LogP contribution in [0.2, 0.25) is 11.1 Å². The van der Waals surface area contributed by atoms with Gasteiger partial charge in [-0.05, 0) is 35.9 Å². The van der Waals surface area contributed by atoms with E-state index in [0.29, 0.717) is 22.6 Å². The number of nitrogens with one attached hydrogen (secondary N) is 1. The van der Waals surface area contributed by atoms with Gasteiger partial charge < -0.3 is 34.5 Å². The summed E-state index contributed by atoms with van der Waals surface area (Å²) in [6, 6.07) is 1.84. The average Bonchev–Trinajstić information content (AvgIpc) is 3.58. The highest BCUT2D eigenvalue weighted by molar-refractivity contribution is 6.70. The van der Waals surface area contributed by atoms with Crippen LogP contribution in [-0.2, 0) is 13.6 Å². The van der Waals surface area contributed by atoms with E-state index in [2.05, 4.69) is 75.4 Å². The molecule has 0 amide bonds. The van der Waals surface area contributed by atoms with E-state index in [9.17, 15) is 10.2 Å². The predicted octanol–water partition coefficient (Wildman–Crippen LogP) is 4.23. The molecular weight excluding hydrogens is 528 g/mol. The molecule has 4 atom stereocenters. The Hall–Kier alpha value is -2.35. The van der Waals surface area contributed by atoms with E-state index >= 15 is 0 Å². The number of H-pyrrole nitrogens is 1. The summed E-state index contributed by atoms with van der Waals surface area (Å²) in [6.45, 7) is 18.5. The van der Waals surface area contributed by atoms with Gasteiger partial charge in [0.1, 0.15) is 41.6 Å². The largest absolute Gasteiger partial charge is 0.394 e. The molecule has 1 saturated heterocycles. The van der Waals surface area contributed by atoms with Crippen molar-refractivity contribution in [3.05, 3.63) is 30.5 Å². The number of hydrogen-bond acceptors (Lipinski definition) is 9. The van der Waals surface area contributed by atoms with Gasteiger partial charge in [-0.3, -0.25) is 0 Å². The topological polar surface area (TPSA) is 153 Å². The first kappa shape index (κ1) is 30.6. The molecule has 1 aliphatic rings. The second-order valence-corrected chi connectivity index (χ2v) is 16.7. The van der Waals surface area contributed by atoms with E-state index < -0.39 is 32.5 Å². The quantitative estimate of drug-likeness (QED) is 0.246. The molecule has 3 aromatic heterocycles. The average molecular weight is 575 g/mol. The lowest BCUT2D eigenvalue weighted by Crippen LogP contribution is -2.59. The smallest absolute Gasteiger partial charge is 0.344 e. The number of anilines is 1. The Bertz CT molecular complexity index is 1260. The van der Waals surface area contributed by atoms with Crippen LogP contribution in [0.15, 0.2) is 24.8 Å². The lowest BCUT2D eigenvalue weighted by Gasteiger charge is -2.46. The molecule has 222 valence electrons. The highest BCUT2D eigenvalue weighted by Crippen LogP contribution is 2.48. The summed E-state index contributed by atoms with van der Waals surface area (Å²) in [5.41, 5.74) is 6.66. The second-order valence-electron chi connectivity index (χ2n) is 12.4. The third-order valence-electron chi connectivity index (χ3n) is 8.12. The molecule has 0 aliphatic carbocycles. The Morgan fingerprint density at radius 1 is 1.12 bits per heavy atom. The van der Waals surface area contributed by atoms with Gasteiger partial charge in [-0.25, -0.2) is 14.5 Å². The number of aliphatic hydroxyl groups is 2. The zero-order valence-corrected chi connectivity index (χ0v) is 26.1. The Morgan fingerprint density at radius 3 is 2.30 bits per heavy atom. The second kappa shape index (κ2) is 11.5. The molecule has 5 N–H and O–H groups in total. The summed E-state index contributed by atoms with van der Waals surface area (Å²) in [7, 11) is -3.00. The van der Waals surface area contributed by atoms with E-state index in [-0.39, 0.29) is 41.4 Å². The number of nitrogen functional groups attached to an aromatic ring is 1. The molecule has 0 bridgehead atoms. The number of aromatic nitrogens is 5. The van der Waals surface area contributed by atoms with Crippen LogP contribution >= 0.6 is 0 Å². The number of fused-ring (bicyclic) bond motifs is 1. The summed E-state index contributed by atoms with van der Waals surface area (Å²) in [5, 5.41) is 27.1. The van der Waals surface area contributed by atoms with Gasteiger partial charge in [-0.1, -0.05) is 55.4 Å². The molecular formula is C28H46N6O5Si. The molecule has 0 aromatic carbocycles. The van der Waals surface area contributed by atoms with Crippen LogP contribution in [0.4, 0.5) is 5.82 Å². The zero-order chi connectivity index (χ0) is 29.6. The molecule has 4 rings (SSSR count). The van der Waals surface area contributed by atoms with Gasteiger partial charge in [0.05, 0.1) is 18.4 Å². The fourth-order valence-corrected chi connectivity index (χ4v) is 10.4. The molecule has 1 aliphatic heterocycles. The van der Waals surface area contributed by atoms with E-state index in [1.165, 1.54) is 6.33 Å². The van der Waals surface area contributed by atoms with Crippen molar-refractivity contribution in [3.63, 3.8) is 0 Å². The number of ether oxygens (including phenoxy) is 1. The number of imidazole rings is 1. The van der Waals surface area contributed by atoms with E-state index in [1.807, 2.05) is 6.07 Å². The minimum Gasteiger partial charge on any atom is -0.394 e. The summed E-state index contributed by atoms with van der Waals surface area (Å²) >= 11 is 0. The number of aliphatic hydroxyl groups excluding tert-OH is 1. The van der Waals surface area contributed by atoms with Crippen molar-refractivity contribution in [1.82, 2.24) is 24.6 Å². The molecule has 40 heavy (non-hydrogen) atoms. The van der Waals surface area contributed by atoms with Crippen LogP contribution in [0.5, 0.6) is 0 Å². The molecule has 3 aromatic rings. The normalized spacial score (nSPS) is 24.1. The van der Waals surface area contributed by atoms with Crippen LogP contribution in [0, 0.1) is 11.8 Å². The monoisotopic (exact) mass is 574 g/mol. The molecule has 1 fully saturated rings. The molecule has 11 nitrogen and oxygen atoms in total. The fraction of sp³-hybridized carbons (Fsp3) is 0.679. The SMILES string of the molecule is CC(C)C(O[Si](OC1C(CO)OC(c2cc(-c3ncc[nH]3)c3c(N)ncnn23)C1(C)O)(C(C)C)C(C)C)C(C)C. The summed E-state index contributed by atoms with van der Waals surface area (Å²) in [5.74, 6) is 1.42. The van der Waals surface area contributed by atoms with Gasteiger partial charge in [0.15, 0.2) is 5.82 Å². The highest BCUT2D eigenvalue weighted by Gasteiger charge is 2.60. The van der Waals surface area contributed by atoms with Crippen molar-refractivity contribution in [3.8, 4) is 11.4 Å². The van der Waals surface area contributed by atoms with Crippen LogP contribution in [-0.4, -0.2) is 73.9 Å². The van der Waals surface area contributed by atoms with Crippen LogP contribution < -0.4 is 5.73 Å². The van der Waals surface area contributed by atoms with Gasteiger partial charge >= 0.3 is 8.56 Å². The Morgan fingerprint density at radius 2 is 1.77 bits per heavy atom. The zero-order valence-electron chi connectivity index (χ0n) is 25.1. The van der Waals surface area contributed by atoms with E-state index in [4.69, 9.17) is 19.3 Å². The number of aromatic amines is 1. The number of nitrogens with two attached hydrogens (primary N) is 1. The minimum absolute atomic E-state index is 0.0165. The van der Waals surface area contributed by atoms with Crippen LogP contribution in [0.3, 0.4) is 0 Å². The Kier molecular flexibility index (Phi) is 8.79. The number of hydrogen-bond donors (Lipinski definition) is 4. The molecule has 0 radical (unpaired) electrons.